The molecule has 1 rings (SSSR count). The summed E-state index contributed by atoms with van der Waals surface area (Å²) >= 11 is 0. The second-order valence-electron chi connectivity index (χ2n) is 4.92. The molecule has 1 fully saturated rings. The second kappa shape index (κ2) is 6.88. The lowest BCUT2D eigenvalue weighted by Crippen LogP contribution is -2.43. The van der Waals surface area contributed by atoms with Crippen molar-refractivity contribution in [3.63, 3.8) is 0 Å². The molecule has 20 heavy (non-hydrogen) atoms. The van der Waals surface area contributed by atoms with E-state index >= 15 is 0 Å². The van der Waals surface area contributed by atoms with Gasteiger partial charge in [0.25, 0.3) is 0 Å². The van der Waals surface area contributed by atoms with Gasteiger partial charge >= 0.3 is 11.9 Å². The van der Waals surface area contributed by atoms with E-state index in [9.17, 15) is 19.2 Å². The van der Waals surface area contributed by atoms with Gasteiger partial charge in [0.1, 0.15) is 6.04 Å². The van der Waals surface area contributed by atoms with Gasteiger partial charge in [-0.2, -0.15) is 0 Å². The predicted molar refractivity (Wildman–Crippen MR) is 66.7 cm³/mol. The molecule has 8 nitrogen and oxygen atoms in total. The number of aliphatic carboxylic acids is 2. The normalized spacial score (nSPS) is 21.6. The highest BCUT2D eigenvalue weighted by atomic mass is 16.4. The van der Waals surface area contributed by atoms with E-state index in [1.54, 1.807) is 0 Å². The van der Waals surface area contributed by atoms with Crippen molar-refractivity contribution in [1.29, 1.82) is 0 Å². The smallest absolute Gasteiger partial charge is 0.326 e. The van der Waals surface area contributed by atoms with Gasteiger partial charge in [0.2, 0.25) is 11.8 Å². The van der Waals surface area contributed by atoms with E-state index in [4.69, 9.17) is 10.2 Å². The highest BCUT2D eigenvalue weighted by Crippen LogP contribution is 2.37. The van der Waals surface area contributed by atoms with Crippen molar-refractivity contribution < 1.29 is 29.4 Å². The van der Waals surface area contributed by atoms with E-state index in [1.807, 2.05) is 6.92 Å². The maximum Gasteiger partial charge on any atom is 0.326 e. The van der Waals surface area contributed by atoms with E-state index in [0.29, 0.717) is 5.92 Å². The van der Waals surface area contributed by atoms with Crippen LogP contribution in [0.15, 0.2) is 0 Å². The van der Waals surface area contributed by atoms with Crippen LogP contribution in [-0.2, 0) is 19.2 Å². The number of rotatable bonds is 8. The fourth-order valence-electron chi connectivity index (χ4n) is 1.76. The molecule has 0 aliphatic heterocycles. The third-order valence-corrected chi connectivity index (χ3v) is 3.11. The molecule has 112 valence electrons. The molecule has 3 atom stereocenters. The molecule has 1 aliphatic rings. The van der Waals surface area contributed by atoms with Crippen LogP contribution >= 0.6 is 0 Å². The topological polar surface area (TPSA) is 133 Å². The largest absolute Gasteiger partial charge is 0.481 e. The van der Waals surface area contributed by atoms with Crippen LogP contribution < -0.4 is 10.6 Å². The van der Waals surface area contributed by atoms with Gasteiger partial charge in [-0.1, -0.05) is 6.92 Å². The van der Waals surface area contributed by atoms with Gasteiger partial charge in [-0.3, -0.25) is 14.4 Å². The second-order valence-corrected chi connectivity index (χ2v) is 4.92. The van der Waals surface area contributed by atoms with E-state index in [2.05, 4.69) is 10.6 Å². The minimum Gasteiger partial charge on any atom is -0.481 e. The quantitative estimate of drug-likeness (QED) is 0.461. The Labute approximate surface area is 115 Å². The summed E-state index contributed by atoms with van der Waals surface area (Å²) in [6.45, 7) is 2.06. The van der Waals surface area contributed by atoms with Gasteiger partial charge in [0.05, 0.1) is 6.42 Å². The van der Waals surface area contributed by atoms with Crippen molar-refractivity contribution in [3.8, 4) is 0 Å². The van der Waals surface area contributed by atoms with Crippen molar-refractivity contribution >= 4 is 23.8 Å². The van der Waals surface area contributed by atoms with E-state index in [0.717, 1.165) is 6.42 Å². The zero-order valence-electron chi connectivity index (χ0n) is 11.1. The average molecular weight is 286 g/mol. The molecule has 1 saturated carbocycles. The Balaban J connectivity index is 2.25. The number of hydrogen-bond donors (Lipinski definition) is 4. The first-order valence-corrected chi connectivity index (χ1v) is 6.33. The Bertz CT molecular complexity index is 422. The van der Waals surface area contributed by atoms with Gasteiger partial charge in [-0.15, -0.1) is 0 Å². The molecule has 4 N–H and O–H groups in total. The Hall–Kier alpha value is -2.12. The number of carbonyl (C=O) groups excluding carboxylic acids is 2. The molecule has 0 aromatic heterocycles. The summed E-state index contributed by atoms with van der Waals surface area (Å²) in [5.41, 5.74) is 0. The number of carboxylic acid groups (broad SMARTS) is 2. The third kappa shape index (κ3) is 5.25. The monoisotopic (exact) mass is 286 g/mol. The summed E-state index contributed by atoms with van der Waals surface area (Å²) in [6.07, 6.45) is 0.0704. The molecule has 1 aliphatic carbocycles. The summed E-state index contributed by atoms with van der Waals surface area (Å²) in [7, 11) is 0. The van der Waals surface area contributed by atoms with Gasteiger partial charge < -0.3 is 20.8 Å². The summed E-state index contributed by atoms with van der Waals surface area (Å²) in [6, 6.07) is -1.46. The first-order valence-electron chi connectivity index (χ1n) is 6.33. The molecule has 8 heteroatoms. The van der Waals surface area contributed by atoms with E-state index in [-0.39, 0.29) is 24.8 Å². The Kier molecular flexibility index (Phi) is 5.48. The lowest BCUT2D eigenvalue weighted by Gasteiger charge is -2.12. The van der Waals surface area contributed by atoms with Crippen LogP contribution in [0.5, 0.6) is 0 Å². The van der Waals surface area contributed by atoms with Crippen LogP contribution in [0.4, 0.5) is 0 Å². The molecule has 0 saturated heterocycles. The van der Waals surface area contributed by atoms with Crippen LogP contribution in [0.25, 0.3) is 0 Å². The van der Waals surface area contributed by atoms with Crippen molar-refractivity contribution in [1.82, 2.24) is 10.6 Å². The van der Waals surface area contributed by atoms with E-state index < -0.39 is 30.3 Å². The number of nitrogens with one attached hydrogen (secondary N) is 2. The fraction of sp³-hybridized carbons (Fsp3) is 0.667. The number of hydrogen-bond acceptors (Lipinski definition) is 4. The van der Waals surface area contributed by atoms with Gasteiger partial charge in [-0.25, -0.2) is 4.79 Å². The molecular formula is C12H18N2O6. The SMILES string of the molecule is CC1CC1C(=O)NCCC(=O)N[C@@H](CC(=O)O)C(=O)O. The molecule has 0 aromatic rings. The first-order chi connectivity index (χ1) is 9.31. The first kappa shape index (κ1) is 15.9. The zero-order chi connectivity index (χ0) is 15.3. The zero-order valence-corrected chi connectivity index (χ0v) is 11.1. The maximum atomic E-state index is 11.5. The molecule has 2 unspecified atom stereocenters. The number of carbonyl (C=O) groups is 4. The lowest BCUT2D eigenvalue weighted by molar-refractivity contribution is -0.147. The number of amides is 2. The van der Waals surface area contributed by atoms with Crippen LogP contribution in [0, 0.1) is 11.8 Å². The Morgan fingerprint density at radius 3 is 2.30 bits per heavy atom. The fourth-order valence-corrected chi connectivity index (χ4v) is 1.76. The summed E-state index contributed by atoms with van der Waals surface area (Å²) in [5, 5.41) is 22.0. The summed E-state index contributed by atoms with van der Waals surface area (Å²) in [4.78, 5) is 44.1. The molecule has 0 bridgehead atoms. The van der Waals surface area contributed by atoms with Crippen molar-refractivity contribution in [2.45, 2.75) is 32.2 Å². The maximum absolute atomic E-state index is 11.5. The standard InChI is InChI=1S/C12H18N2O6/c1-6-4-7(6)11(18)13-3-2-9(15)14-8(12(19)20)5-10(16)17/h6-8H,2-5H2,1H3,(H,13,18)(H,14,15)(H,16,17)(H,19,20)/t6?,7?,8-/m0/s1. The molecule has 0 spiro atoms. The number of carboxylic acids is 2. The van der Waals surface area contributed by atoms with Crippen LogP contribution in [0.3, 0.4) is 0 Å². The average Bonchev–Trinajstić information content (AvgIpc) is 3.04. The van der Waals surface area contributed by atoms with Crippen molar-refractivity contribution in [2.24, 2.45) is 11.8 Å². The van der Waals surface area contributed by atoms with Crippen molar-refractivity contribution in [3.05, 3.63) is 0 Å². The van der Waals surface area contributed by atoms with Gasteiger partial charge in [0, 0.05) is 18.9 Å². The molecule has 0 aromatic carbocycles. The van der Waals surface area contributed by atoms with Gasteiger partial charge in [0.15, 0.2) is 0 Å². The summed E-state index contributed by atoms with van der Waals surface area (Å²) in [5.74, 6) is -3.05. The van der Waals surface area contributed by atoms with Crippen LogP contribution in [0.2, 0.25) is 0 Å². The molecule has 2 amide bonds. The molecule has 0 radical (unpaired) electrons. The third-order valence-electron chi connectivity index (χ3n) is 3.11. The van der Waals surface area contributed by atoms with Crippen LogP contribution in [0.1, 0.15) is 26.2 Å². The Morgan fingerprint density at radius 2 is 1.85 bits per heavy atom. The van der Waals surface area contributed by atoms with E-state index in [1.165, 1.54) is 0 Å². The Morgan fingerprint density at radius 1 is 1.25 bits per heavy atom. The lowest BCUT2D eigenvalue weighted by atomic mass is 10.2. The minimum absolute atomic E-state index is 0.0110. The summed E-state index contributed by atoms with van der Waals surface area (Å²) < 4.78 is 0. The molecular weight excluding hydrogens is 268 g/mol. The predicted octanol–water partition coefficient (Wildman–Crippen LogP) is -0.807. The minimum atomic E-state index is -1.46. The van der Waals surface area contributed by atoms with Gasteiger partial charge in [-0.05, 0) is 12.3 Å². The van der Waals surface area contributed by atoms with Crippen LogP contribution in [-0.4, -0.2) is 46.6 Å². The highest BCUT2D eigenvalue weighted by molar-refractivity contribution is 5.87. The highest BCUT2D eigenvalue weighted by Gasteiger charge is 2.38. The van der Waals surface area contributed by atoms with Crippen molar-refractivity contribution in [2.75, 3.05) is 6.54 Å². The molecule has 0 heterocycles.